The van der Waals surface area contributed by atoms with Crippen LogP contribution in [0.1, 0.15) is 16.8 Å². The van der Waals surface area contributed by atoms with E-state index >= 15 is 0 Å². The van der Waals surface area contributed by atoms with Crippen molar-refractivity contribution >= 4 is 11.0 Å². The van der Waals surface area contributed by atoms with E-state index in [-0.39, 0.29) is 0 Å². The Labute approximate surface area is 102 Å². The zero-order chi connectivity index (χ0) is 12.9. The second-order valence-corrected chi connectivity index (χ2v) is 4.49. The normalized spacial score (nSPS) is 16.0. The van der Waals surface area contributed by atoms with Crippen LogP contribution in [0.5, 0.6) is 0 Å². The molecule has 0 saturated heterocycles. The van der Waals surface area contributed by atoms with Crippen molar-refractivity contribution in [3.63, 3.8) is 0 Å². The van der Waals surface area contributed by atoms with Gasteiger partial charge in [-0.3, -0.25) is 0 Å². The van der Waals surface area contributed by atoms with Gasteiger partial charge in [-0.05, 0) is 18.6 Å². The Morgan fingerprint density at radius 3 is 2.89 bits per heavy atom. The lowest BCUT2D eigenvalue weighted by Gasteiger charge is -2.17. The monoisotopic (exact) mass is 255 g/mol. The standard InChI is InChI=1S/C12H12F3N3/c1-7-9-4-8(12(13,14)15)5-17-11(9)18-3-2-16-6-10(7)18/h4-5,16H,2-3,6H2,1H3. The predicted octanol–water partition coefficient (Wildman–Crippen LogP) is 2.47. The van der Waals surface area contributed by atoms with Crippen LogP contribution in [0.4, 0.5) is 13.2 Å². The Bertz CT molecular complexity index is 613. The third-order valence-electron chi connectivity index (χ3n) is 3.42. The fourth-order valence-corrected chi connectivity index (χ4v) is 2.46. The summed E-state index contributed by atoms with van der Waals surface area (Å²) in [5.74, 6) is 0. The molecule has 1 aliphatic rings. The molecule has 0 aromatic carbocycles. The molecule has 6 heteroatoms. The molecule has 2 aromatic heterocycles. The second kappa shape index (κ2) is 3.71. The van der Waals surface area contributed by atoms with Crippen LogP contribution >= 0.6 is 0 Å². The van der Waals surface area contributed by atoms with Gasteiger partial charge in [0.25, 0.3) is 0 Å². The van der Waals surface area contributed by atoms with Crippen molar-refractivity contribution in [1.82, 2.24) is 14.9 Å². The molecule has 0 saturated carbocycles. The lowest BCUT2D eigenvalue weighted by molar-refractivity contribution is -0.137. The summed E-state index contributed by atoms with van der Waals surface area (Å²) < 4.78 is 40.0. The van der Waals surface area contributed by atoms with Crippen LogP contribution in [-0.2, 0) is 19.3 Å². The van der Waals surface area contributed by atoms with Crippen molar-refractivity contribution in [3.8, 4) is 0 Å². The fraction of sp³-hybridized carbons (Fsp3) is 0.417. The molecule has 0 amide bonds. The van der Waals surface area contributed by atoms with Gasteiger partial charge in [-0.25, -0.2) is 4.98 Å². The molecule has 0 spiro atoms. The molecular weight excluding hydrogens is 243 g/mol. The van der Waals surface area contributed by atoms with Gasteiger partial charge in [-0.15, -0.1) is 0 Å². The summed E-state index contributed by atoms with van der Waals surface area (Å²) in [7, 11) is 0. The van der Waals surface area contributed by atoms with Crippen molar-refractivity contribution in [2.24, 2.45) is 0 Å². The molecule has 96 valence electrons. The highest BCUT2D eigenvalue weighted by Gasteiger charge is 2.32. The number of fused-ring (bicyclic) bond motifs is 3. The zero-order valence-electron chi connectivity index (χ0n) is 9.80. The van der Waals surface area contributed by atoms with E-state index in [0.717, 1.165) is 30.5 Å². The number of alkyl halides is 3. The van der Waals surface area contributed by atoms with E-state index < -0.39 is 11.7 Å². The Balaban J connectivity index is 2.26. The van der Waals surface area contributed by atoms with E-state index in [4.69, 9.17) is 0 Å². The molecule has 3 nitrogen and oxygen atoms in total. The second-order valence-electron chi connectivity index (χ2n) is 4.49. The van der Waals surface area contributed by atoms with Gasteiger partial charge < -0.3 is 9.88 Å². The van der Waals surface area contributed by atoms with E-state index in [2.05, 4.69) is 10.3 Å². The number of hydrogen-bond acceptors (Lipinski definition) is 2. The third kappa shape index (κ3) is 1.59. The van der Waals surface area contributed by atoms with E-state index in [1.807, 2.05) is 11.5 Å². The minimum absolute atomic E-state index is 0.600. The van der Waals surface area contributed by atoms with Crippen molar-refractivity contribution < 1.29 is 13.2 Å². The van der Waals surface area contributed by atoms with Crippen LogP contribution in [-0.4, -0.2) is 16.1 Å². The van der Waals surface area contributed by atoms with Gasteiger partial charge in [0.2, 0.25) is 0 Å². The van der Waals surface area contributed by atoms with E-state index in [1.54, 1.807) is 0 Å². The number of hydrogen-bond donors (Lipinski definition) is 1. The average Bonchev–Trinajstić information content (AvgIpc) is 2.63. The van der Waals surface area contributed by atoms with E-state index in [0.29, 0.717) is 17.6 Å². The first-order chi connectivity index (χ1) is 8.48. The Hall–Kier alpha value is -1.56. The van der Waals surface area contributed by atoms with Crippen LogP contribution in [0.2, 0.25) is 0 Å². The molecule has 3 rings (SSSR count). The molecule has 3 heterocycles. The van der Waals surface area contributed by atoms with Crippen molar-refractivity contribution in [1.29, 1.82) is 0 Å². The number of rotatable bonds is 0. The number of nitrogens with one attached hydrogen (secondary N) is 1. The molecule has 0 aliphatic carbocycles. The van der Waals surface area contributed by atoms with Crippen LogP contribution < -0.4 is 5.32 Å². The predicted molar refractivity (Wildman–Crippen MR) is 61.2 cm³/mol. The van der Waals surface area contributed by atoms with E-state index in [9.17, 15) is 13.2 Å². The number of halogens is 3. The minimum Gasteiger partial charge on any atom is -0.327 e. The number of pyridine rings is 1. The highest BCUT2D eigenvalue weighted by Crippen LogP contribution is 2.33. The maximum atomic E-state index is 12.7. The first kappa shape index (κ1) is 11.5. The SMILES string of the molecule is Cc1c2n(c3ncc(C(F)(F)F)cc13)CCNC2. The zero-order valence-corrected chi connectivity index (χ0v) is 9.80. The summed E-state index contributed by atoms with van der Waals surface area (Å²) in [6.07, 6.45) is -3.43. The molecule has 0 unspecified atom stereocenters. The molecule has 0 fully saturated rings. The maximum Gasteiger partial charge on any atom is 0.417 e. The van der Waals surface area contributed by atoms with Crippen LogP contribution in [0, 0.1) is 6.92 Å². The topological polar surface area (TPSA) is 29.9 Å². The van der Waals surface area contributed by atoms with Gasteiger partial charge in [-0.2, -0.15) is 13.2 Å². The van der Waals surface area contributed by atoms with Crippen LogP contribution in [0.15, 0.2) is 12.3 Å². The molecule has 0 radical (unpaired) electrons. The summed E-state index contributed by atoms with van der Waals surface area (Å²) >= 11 is 0. The van der Waals surface area contributed by atoms with Gasteiger partial charge in [0.05, 0.1) is 5.56 Å². The minimum atomic E-state index is -4.34. The number of nitrogens with zero attached hydrogens (tertiary/aromatic N) is 2. The Morgan fingerprint density at radius 1 is 1.39 bits per heavy atom. The van der Waals surface area contributed by atoms with Gasteiger partial charge >= 0.3 is 6.18 Å². The third-order valence-corrected chi connectivity index (χ3v) is 3.42. The summed E-state index contributed by atoms with van der Waals surface area (Å²) in [5, 5.41) is 3.82. The largest absolute Gasteiger partial charge is 0.417 e. The fourth-order valence-electron chi connectivity index (χ4n) is 2.46. The summed E-state index contributed by atoms with van der Waals surface area (Å²) in [6.45, 7) is 4.10. The van der Waals surface area contributed by atoms with Crippen molar-refractivity contribution in [3.05, 3.63) is 29.1 Å². The first-order valence-electron chi connectivity index (χ1n) is 5.74. The average molecular weight is 255 g/mol. The lowest BCUT2D eigenvalue weighted by Crippen LogP contribution is -2.28. The van der Waals surface area contributed by atoms with E-state index in [1.165, 1.54) is 6.07 Å². The maximum absolute atomic E-state index is 12.7. The molecule has 1 aliphatic heterocycles. The molecule has 1 N–H and O–H groups in total. The molecule has 2 aromatic rings. The van der Waals surface area contributed by atoms with Crippen molar-refractivity contribution in [2.75, 3.05) is 6.54 Å². The molecule has 18 heavy (non-hydrogen) atoms. The number of aromatic nitrogens is 2. The molecule has 0 atom stereocenters. The lowest BCUT2D eigenvalue weighted by atomic mass is 10.1. The quantitative estimate of drug-likeness (QED) is 0.783. The van der Waals surface area contributed by atoms with Gasteiger partial charge in [-0.1, -0.05) is 0 Å². The van der Waals surface area contributed by atoms with Crippen molar-refractivity contribution in [2.45, 2.75) is 26.2 Å². The summed E-state index contributed by atoms with van der Waals surface area (Å²) in [5.41, 5.74) is 1.88. The van der Waals surface area contributed by atoms with Crippen LogP contribution in [0.25, 0.3) is 11.0 Å². The highest BCUT2D eigenvalue weighted by molar-refractivity contribution is 5.82. The summed E-state index contributed by atoms with van der Waals surface area (Å²) in [4.78, 5) is 4.00. The van der Waals surface area contributed by atoms with Gasteiger partial charge in [0, 0.05) is 36.9 Å². The molecule has 0 bridgehead atoms. The highest BCUT2D eigenvalue weighted by atomic mass is 19.4. The Morgan fingerprint density at radius 2 is 2.17 bits per heavy atom. The van der Waals surface area contributed by atoms with Gasteiger partial charge in [0.15, 0.2) is 0 Å². The smallest absolute Gasteiger partial charge is 0.327 e. The summed E-state index contributed by atoms with van der Waals surface area (Å²) in [6, 6.07) is 1.20. The van der Waals surface area contributed by atoms with Gasteiger partial charge in [0.1, 0.15) is 5.65 Å². The van der Waals surface area contributed by atoms with Crippen LogP contribution in [0.3, 0.4) is 0 Å². The first-order valence-corrected chi connectivity index (χ1v) is 5.74. The Kier molecular flexibility index (Phi) is 2.38. The number of aryl methyl sites for hydroxylation is 1. The molecular formula is C12H12F3N3.